The van der Waals surface area contributed by atoms with Gasteiger partial charge in [-0.15, -0.1) is 0 Å². The number of benzene rings is 2. The van der Waals surface area contributed by atoms with Gasteiger partial charge in [0.15, 0.2) is 5.76 Å². The van der Waals surface area contributed by atoms with E-state index in [1.165, 1.54) is 54.8 Å². The van der Waals surface area contributed by atoms with E-state index in [0.717, 1.165) is 37.0 Å². The fourth-order valence-electron chi connectivity index (χ4n) is 4.12. The van der Waals surface area contributed by atoms with Gasteiger partial charge in [-0.05, 0) is 54.8 Å². The van der Waals surface area contributed by atoms with E-state index in [2.05, 4.69) is 5.32 Å². The van der Waals surface area contributed by atoms with Crippen molar-refractivity contribution in [2.24, 2.45) is 0 Å². The summed E-state index contributed by atoms with van der Waals surface area (Å²) in [5.74, 6) is -2.30. The molecule has 0 aliphatic heterocycles. The van der Waals surface area contributed by atoms with Gasteiger partial charge < -0.3 is 9.73 Å². The SMILES string of the molecule is O=C(NC1CCCCC1)[C@@H](c1ccc(F)cc1)N(C(=O)c1ccco1)c1ccccc1F. The van der Waals surface area contributed by atoms with Crippen molar-refractivity contribution in [2.45, 2.75) is 44.2 Å². The van der Waals surface area contributed by atoms with Crippen molar-refractivity contribution in [3.63, 3.8) is 0 Å². The predicted molar refractivity (Wildman–Crippen MR) is 116 cm³/mol. The highest BCUT2D eigenvalue weighted by Gasteiger charge is 2.36. The maximum absolute atomic E-state index is 14.9. The van der Waals surface area contributed by atoms with Gasteiger partial charge in [-0.2, -0.15) is 0 Å². The summed E-state index contributed by atoms with van der Waals surface area (Å²) in [6.45, 7) is 0. The van der Waals surface area contributed by atoms with Crippen LogP contribution in [0.25, 0.3) is 0 Å². The third-order valence-electron chi connectivity index (χ3n) is 5.71. The molecule has 0 radical (unpaired) electrons. The minimum atomic E-state index is -1.22. The number of furan rings is 1. The smallest absolute Gasteiger partial charge is 0.295 e. The fraction of sp³-hybridized carbons (Fsp3) is 0.280. The topological polar surface area (TPSA) is 62.6 Å². The summed E-state index contributed by atoms with van der Waals surface area (Å²) in [6, 6.07) is 12.8. The second kappa shape index (κ2) is 9.77. The van der Waals surface area contributed by atoms with E-state index >= 15 is 0 Å². The van der Waals surface area contributed by atoms with Crippen LogP contribution >= 0.6 is 0 Å². The summed E-state index contributed by atoms with van der Waals surface area (Å²) >= 11 is 0. The maximum Gasteiger partial charge on any atom is 0.295 e. The molecule has 2 amide bonds. The number of carbonyl (C=O) groups is 2. The Bertz CT molecular complexity index is 1060. The monoisotopic (exact) mass is 438 g/mol. The van der Waals surface area contributed by atoms with Gasteiger partial charge in [-0.25, -0.2) is 8.78 Å². The van der Waals surface area contributed by atoms with E-state index in [-0.39, 0.29) is 17.5 Å². The zero-order valence-corrected chi connectivity index (χ0v) is 17.5. The molecule has 5 nitrogen and oxygen atoms in total. The van der Waals surface area contributed by atoms with Crippen molar-refractivity contribution in [1.29, 1.82) is 0 Å². The number of para-hydroxylation sites is 1. The molecule has 1 aliphatic carbocycles. The van der Waals surface area contributed by atoms with Crippen LogP contribution in [0.5, 0.6) is 0 Å². The highest BCUT2D eigenvalue weighted by atomic mass is 19.1. The van der Waals surface area contributed by atoms with E-state index < -0.39 is 29.5 Å². The third-order valence-corrected chi connectivity index (χ3v) is 5.71. The molecular formula is C25H24F2N2O3. The average Bonchev–Trinajstić information content (AvgIpc) is 3.34. The zero-order chi connectivity index (χ0) is 22.5. The van der Waals surface area contributed by atoms with E-state index in [0.29, 0.717) is 5.56 Å². The molecule has 0 saturated heterocycles. The molecule has 1 aliphatic rings. The molecule has 0 spiro atoms. The molecule has 1 atom stereocenters. The Morgan fingerprint density at radius 3 is 2.31 bits per heavy atom. The number of carbonyl (C=O) groups excluding carboxylic acids is 2. The van der Waals surface area contributed by atoms with Crippen LogP contribution in [0.15, 0.2) is 71.3 Å². The molecule has 1 fully saturated rings. The molecular weight excluding hydrogens is 414 g/mol. The first kappa shape index (κ1) is 21.7. The number of nitrogens with one attached hydrogen (secondary N) is 1. The first-order chi connectivity index (χ1) is 15.5. The number of anilines is 1. The average molecular weight is 438 g/mol. The maximum atomic E-state index is 14.9. The summed E-state index contributed by atoms with van der Waals surface area (Å²) in [5, 5.41) is 3.02. The van der Waals surface area contributed by atoms with E-state index in [9.17, 15) is 18.4 Å². The van der Waals surface area contributed by atoms with Crippen LogP contribution in [0, 0.1) is 11.6 Å². The molecule has 1 N–H and O–H groups in total. The van der Waals surface area contributed by atoms with Gasteiger partial charge in [-0.3, -0.25) is 14.5 Å². The summed E-state index contributed by atoms with van der Waals surface area (Å²) in [7, 11) is 0. The number of hydrogen-bond donors (Lipinski definition) is 1. The highest BCUT2D eigenvalue weighted by Crippen LogP contribution is 2.32. The second-order valence-corrected chi connectivity index (χ2v) is 7.90. The number of rotatable bonds is 6. The van der Waals surface area contributed by atoms with Gasteiger partial charge >= 0.3 is 0 Å². The molecule has 0 unspecified atom stereocenters. The summed E-state index contributed by atoms with van der Waals surface area (Å²) < 4.78 is 33.8. The van der Waals surface area contributed by atoms with Crippen LogP contribution in [0.2, 0.25) is 0 Å². The Morgan fingerprint density at radius 1 is 0.938 bits per heavy atom. The summed E-state index contributed by atoms with van der Waals surface area (Å²) in [4.78, 5) is 28.1. The van der Waals surface area contributed by atoms with Gasteiger partial charge in [0, 0.05) is 6.04 Å². The van der Waals surface area contributed by atoms with Gasteiger partial charge in [0.05, 0.1) is 12.0 Å². The summed E-state index contributed by atoms with van der Waals surface area (Å²) in [5.41, 5.74) is 0.296. The first-order valence-electron chi connectivity index (χ1n) is 10.7. The highest BCUT2D eigenvalue weighted by molar-refractivity contribution is 6.08. The molecule has 1 aromatic heterocycles. The lowest BCUT2D eigenvalue weighted by atomic mass is 9.94. The molecule has 1 saturated carbocycles. The van der Waals surface area contributed by atoms with Crippen LogP contribution < -0.4 is 10.2 Å². The Balaban J connectivity index is 1.80. The largest absolute Gasteiger partial charge is 0.459 e. The van der Waals surface area contributed by atoms with Crippen molar-refractivity contribution in [2.75, 3.05) is 4.90 Å². The normalized spacial score (nSPS) is 15.2. The van der Waals surface area contributed by atoms with Crippen LogP contribution in [0.1, 0.15) is 54.3 Å². The first-order valence-corrected chi connectivity index (χ1v) is 10.7. The number of hydrogen-bond acceptors (Lipinski definition) is 3. The molecule has 4 rings (SSSR count). The fourth-order valence-corrected chi connectivity index (χ4v) is 4.12. The molecule has 2 aromatic carbocycles. The van der Waals surface area contributed by atoms with E-state index in [4.69, 9.17) is 4.42 Å². The van der Waals surface area contributed by atoms with Crippen LogP contribution in [-0.2, 0) is 4.79 Å². The van der Waals surface area contributed by atoms with Crippen LogP contribution in [-0.4, -0.2) is 17.9 Å². The van der Waals surface area contributed by atoms with Crippen LogP contribution in [0.4, 0.5) is 14.5 Å². The lowest BCUT2D eigenvalue weighted by Gasteiger charge is -2.33. The molecule has 0 bridgehead atoms. The van der Waals surface area contributed by atoms with Crippen molar-refractivity contribution in [1.82, 2.24) is 5.32 Å². The summed E-state index contributed by atoms with van der Waals surface area (Å²) in [6.07, 6.45) is 6.15. The Hall–Kier alpha value is -3.48. The standard InChI is InChI=1S/C25H24F2N2O3/c26-18-14-12-17(13-15-18)23(24(30)28-19-7-2-1-3-8-19)29(21-10-5-4-9-20(21)27)25(31)22-11-6-16-32-22/h4-6,9-16,19,23H,1-3,7-8H2,(H,28,30)/t23-/m1/s1. The zero-order valence-electron chi connectivity index (χ0n) is 17.5. The Kier molecular flexibility index (Phi) is 6.63. The minimum Gasteiger partial charge on any atom is -0.459 e. The van der Waals surface area contributed by atoms with Crippen molar-refractivity contribution in [3.8, 4) is 0 Å². The van der Waals surface area contributed by atoms with Gasteiger partial charge in [0.1, 0.15) is 17.7 Å². The lowest BCUT2D eigenvalue weighted by molar-refractivity contribution is -0.123. The van der Waals surface area contributed by atoms with Crippen molar-refractivity contribution < 1.29 is 22.8 Å². The molecule has 3 aromatic rings. The second-order valence-electron chi connectivity index (χ2n) is 7.90. The predicted octanol–water partition coefficient (Wildman–Crippen LogP) is 5.39. The third kappa shape index (κ3) is 4.72. The Labute approximate surface area is 185 Å². The van der Waals surface area contributed by atoms with Gasteiger partial charge in [-0.1, -0.05) is 43.5 Å². The quantitative estimate of drug-likeness (QED) is 0.561. The molecule has 7 heteroatoms. The minimum absolute atomic E-state index is 0.0274. The van der Waals surface area contributed by atoms with Gasteiger partial charge in [0.2, 0.25) is 5.91 Å². The molecule has 32 heavy (non-hydrogen) atoms. The van der Waals surface area contributed by atoms with Crippen LogP contribution in [0.3, 0.4) is 0 Å². The molecule has 166 valence electrons. The van der Waals surface area contributed by atoms with E-state index in [1.54, 1.807) is 12.1 Å². The number of halogens is 2. The molecule has 1 heterocycles. The van der Waals surface area contributed by atoms with Crippen molar-refractivity contribution >= 4 is 17.5 Å². The lowest BCUT2D eigenvalue weighted by Crippen LogP contribution is -2.47. The van der Waals surface area contributed by atoms with E-state index in [1.807, 2.05) is 0 Å². The number of amides is 2. The Morgan fingerprint density at radius 2 is 1.66 bits per heavy atom. The number of nitrogens with zero attached hydrogens (tertiary/aromatic N) is 1. The van der Waals surface area contributed by atoms with Gasteiger partial charge in [0.25, 0.3) is 5.91 Å². The van der Waals surface area contributed by atoms with Crippen molar-refractivity contribution in [3.05, 3.63) is 89.9 Å².